The molecule has 0 saturated heterocycles. The fraction of sp³-hybridized carbons (Fsp3) is 0.356. The normalized spacial score (nSPS) is 11.7. The van der Waals surface area contributed by atoms with Crippen LogP contribution >= 0.6 is 0 Å². The average molecular weight is 874 g/mol. The standard InChI is InChI=1S/C45H55N5O11S/c1-10-58-42(51)45(5,6)60-22-20-57-19-21-59-33-26-30(25-32(27-33)55-7)47-40-28-31(17-18-46-40)61-39-16-15-36(34-13-11-12-14-35(34)39)48-43(52)49-37-23-29(44(2,3)4)24-38(41(37)56-8)50-62(9,53)54/h11-18,23-28,50H,10,19-22H2,1-9H3,(H,46,47)(H2,48,49,52). The Balaban J connectivity index is 1.24. The number of sulfonamides is 1. The van der Waals surface area contributed by atoms with Gasteiger partial charge in [0.05, 0.1) is 64.0 Å². The van der Waals surface area contributed by atoms with Gasteiger partial charge in [-0.1, -0.05) is 45.0 Å². The van der Waals surface area contributed by atoms with Crippen molar-refractivity contribution in [2.45, 2.75) is 52.6 Å². The number of pyridine rings is 1. The number of urea groups is 1. The summed E-state index contributed by atoms with van der Waals surface area (Å²) in [5, 5.41) is 10.5. The quantitative estimate of drug-likeness (QED) is 0.0428. The van der Waals surface area contributed by atoms with E-state index < -0.39 is 27.6 Å². The van der Waals surface area contributed by atoms with Crippen molar-refractivity contribution in [3.05, 3.63) is 90.6 Å². The number of ether oxygens (including phenoxy) is 7. The Morgan fingerprint density at radius 1 is 0.742 bits per heavy atom. The molecule has 5 rings (SSSR count). The van der Waals surface area contributed by atoms with Crippen LogP contribution in [0.3, 0.4) is 0 Å². The van der Waals surface area contributed by atoms with Crippen LogP contribution in [0.1, 0.15) is 47.1 Å². The number of nitrogens with one attached hydrogen (secondary N) is 4. The van der Waals surface area contributed by atoms with Gasteiger partial charge in [-0.2, -0.15) is 0 Å². The molecule has 2 amide bonds. The van der Waals surface area contributed by atoms with Crippen LogP contribution in [0, 0.1) is 0 Å². The Morgan fingerprint density at radius 2 is 1.44 bits per heavy atom. The highest BCUT2D eigenvalue weighted by Crippen LogP contribution is 2.40. The van der Waals surface area contributed by atoms with E-state index in [1.807, 2.05) is 45.0 Å². The molecule has 5 aromatic rings. The number of carbonyl (C=O) groups is 2. The maximum absolute atomic E-state index is 13.5. The Hall–Kier alpha value is -6.30. The van der Waals surface area contributed by atoms with Crippen molar-refractivity contribution in [1.29, 1.82) is 0 Å². The molecule has 0 atom stereocenters. The van der Waals surface area contributed by atoms with Crippen LogP contribution < -0.4 is 39.6 Å². The lowest BCUT2D eigenvalue weighted by Gasteiger charge is -2.24. The summed E-state index contributed by atoms with van der Waals surface area (Å²) in [4.78, 5) is 30.0. The SMILES string of the molecule is CCOC(=O)C(C)(C)OCCOCCOc1cc(Nc2cc(Oc3ccc(NC(=O)Nc4cc(C(C)(C)C)cc(NS(C)(=O)=O)c4OC)c4ccccc34)ccn2)cc(OC)c1. The number of nitrogens with zero attached hydrogens (tertiary/aromatic N) is 1. The van der Waals surface area contributed by atoms with Gasteiger partial charge < -0.3 is 49.1 Å². The largest absolute Gasteiger partial charge is 0.497 e. The molecular weight excluding hydrogens is 819 g/mol. The van der Waals surface area contributed by atoms with Crippen LogP contribution in [0.2, 0.25) is 0 Å². The first-order valence-corrected chi connectivity index (χ1v) is 21.7. The number of hydrogen-bond acceptors (Lipinski definition) is 13. The summed E-state index contributed by atoms with van der Waals surface area (Å²) in [7, 11) is -0.685. The highest BCUT2D eigenvalue weighted by atomic mass is 32.2. The van der Waals surface area contributed by atoms with Crippen LogP contribution in [0.25, 0.3) is 10.8 Å². The van der Waals surface area contributed by atoms with E-state index in [0.717, 1.165) is 17.2 Å². The Bertz CT molecular complexity index is 2470. The zero-order valence-electron chi connectivity index (χ0n) is 36.5. The topological polar surface area (TPSA) is 194 Å². The number of hydrogen-bond donors (Lipinski definition) is 4. The van der Waals surface area contributed by atoms with E-state index in [4.69, 9.17) is 33.2 Å². The monoisotopic (exact) mass is 873 g/mol. The van der Waals surface area contributed by atoms with Gasteiger partial charge in [0, 0.05) is 46.9 Å². The lowest BCUT2D eigenvalue weighted by Crippen LogP contribution is -2.37. The molecule has 1 aromatic heterocycles. The Morgan fingerprint density at radius 3 is 2.13 bits per heavy atom. The van der Waals surface area contributed by atoms with E-state index in [9.17, 15) is 18.0 Å². The number of amides is 2. The van der Waals surface area contributed by atoms with Crippen molar-refractivity contribution in [3.63, 3.8) is 0 Å². The third-order valence-corrected chi connectivity index (χ3v) is 9.73. The summed E-state index contributed by atoms with van der Waals surface area (Å²) in [6.07, 6.45) is 2.67. The molecule has 0 unspecified atom stereocenters. The molecule has 0 aliphatic heterocycles. The van der Waals surface area contributed by atoms with Crippen LogP contribution in [-0.2, 0) is 34.4 Å². The second-order valence-electron chi connectivity index (χ2n) is 15.5. The third-order valence-electron chi connectivity index (χ3n) is 9.14. The summed E-state index contributed by atoms with van der Waals surface area (Å²) < 4.78 is 66.5. The van der Waals surface area contributed by atoms with Gasteiger partial charge in [-0.25, -0.2) is 23.0 Å². The molecule has 16 nitrogen and oxygen atoms in total. The van der Waals surface area contributed by atoms with Crippen LogP contribution in [0.5, 0.6) is 28.7 Å². The summed E-state index contributed by atoms with van der Waals surface area (Å²) in [5.41, 5.74) is 0.999. The maximum Gasteiger partial charge on any atom is 0.337 e. The summed E-state index contributed by atoms with van der Waals surface area (Å²) in [6, 6.07) is 22.7. The van der Waals surface area contributed by atoms with Crippen LogP contribution in [0.15, 0.2) is 85.1 Å². The number of methoxy groups -OCH3 is 2. The zero-order chi connectivity index (χ0) is 45.1. The predicted molar refractivity (Wildman–Crippen MR) is 240 cm³/mol. The first-order chi connectivity index (χ1) is 29.4. The van der Waals surface area contributed by atoms with Gasteiger partial charge in [0.2, 0.25) is 10.0 Å². The lowest BCUT2D eigenvalue weighted by molar-refractivity contribution is -0.169. The Labute approximate surface area is 362 Å². The molecule has 62 heavy (non-hydrogen) atoms. The maximum atomic E-state index is 13.5. The van der Waals surface area contributed by atoms with Gasteiger partial charge in [0.1, 0.15) is 35.4 Å². The van der Waals surface area contributed by atoms with Gasteiger partial charge in [-0.3, -0.25) is 4.72 Å². The first kappa shape index (κ1) is 46.8. The highest BCUT2D eigenvalue weighted by Gasteiger charge is 2.30. The fourth-order valence-electron chi connectivity index (χ4n) is 6.10. The molecule has 0 aliphatic carbocycles. The molecule has 0 spiro atoms. The lowest BCUT2D eigenvalue weighted by atomic mass is 9.86. The van der Waals surface area contributed by atoms with Crippen molar-refractivity contribution in [1.82, 2.24) is 4.98 Å². The van der Waals surface area contributed by atoms with E-state index in [1.54, 1.807) is 88.7 Å². The molecule has 0 aliphatic rings. The van der Waals surface area contributed by atoms with E-state index in [1.165, 1.54) is 7.11 Å². The summed E-state index contributed by atoms with van der Waals surface area (Å²) in [5.74, 6) is 2.38. The molecule has 0 bridgehead atoms. The van der Waals surface area contributed by atoms with Gasteiger partial charge in [0.15, 0.2) is 11.4 Å². The zero-order valence-corrected chi connectivity index (χ0v) is 37.3. The minimum absolute atomic E-state index is 0.164. The van der Waals surface area contributed by atoms with E-state index in [0.29, 0.717) is 45.6 Å². The summed E-state index contributed by atoms with van der Waals surface area (Å²) in [6.45, 7) is 12.3. The first-order valence-electron chi connectivity index (χ1n) is 19.8. The molecule has 4 N–H and O–H groups in total. The number of anilines is 5. The number of carbonyl (C=O) groups excluding carboxylic acids is 2. The van der Waals surface area contributed by atoms with Gasteiger partial charge in [-0.15, -0.1) is 0 Å². The molecule has 4 aromatic carbocycles. The molecule has 0 saturated carbocycles. The second-order valence-corrected chi connectivity index (χ2v) is 17.3. The molecule has 0 fully saturated rings. The highest BCUT2D eigenvalue weighted by molar-refractivity contribution is 7.92. The number of rotatable bonds is 20. The minimum Gasteiger partial charge on any atom is -0.497 e. The minimum atomic E-state index is -3.65. The predicted octanol–water partition coefficient (Wildman–Crippen LogP) is 8.85. The third kappa shape index (κ3) is 13.1. The molecule has 17 heteroatoms. The Kier molecular flexibility index (Phi) is 15.5. The van der Waals surface area contributed by atoms with Crippen molar-refractivity contribution in [3.8, 4) is 28.7 Å². The number of esters is 1. The van der Waals surface area contributed by atoms with Crippen molar-refractivity contribution >= 4 is 61.4 Å². The average Bonchev–Trinajstić information content (AvgIpc) is 3.20. The van der Waals surface area contributed by atoms with E-state index >= 15 is 0 Å². The number of fused-ring (bicyclic) bond motifs is 1. The van der Waals surface area contributed by atoms with Gasteiger partial charge in [-0.05, 0) is 62.1 Å². The van der Waals surface area contributed by atoms with E-state index in [2.05, 4.69) is 25.7 Å². The van der Waals surface area contributed by atoms with Crippen molar-refractivity contribution in [2.24, 2.45) is 0 Å². The molecular formula is C45H55N5O11S. The van der Waals surface area contributed by atoms with Crippen molar-refractivity contribution in [2.75, 3.05) is 74.2 Å². The van der Waals surface area contributed by atoms with Gasteiger partial charge in [0.25, 0.3) is 0 Å². The number of benzene rings is 4. The summed E-state index contributed by atoms with van der Waals surface area (Å²) >= 11 is 0. The number of aromatic nitrogens is 1. The fourth-order valence-corrected chi connectivity index (χ4v) is 6.65. The van der Waals surface area contributed by atoms with Gasteiger partial charge >= 0.3 is 12.0 Å². The molecule has 0 radical (unpaired) electrons. The van der Waals surface area contributed by atoms with Crippen molar-refractivity contribution < 1.29 is 51.2 Å². The smallest absolute Gasteiger partial charge is 0.337 e. The van der Waals surface area contributed by atoms with E-state index in [-0.39, 0.29) is 55.6 Å². The molecule has 1 heterocycles. The van der Waals surface area contributed by atoms with Crippen LogP contribution in [0.4, 0.5) is 33.4 Å². The van der Waals surface area contributed by atoms with Crippen LogP contribution in [-0.4, -0.2) is 84.5 Å². The molecule has 332 valence electrons. The second kappa shape index (κ2) is 20.5.